The van der Waals surface area contributed by atoms with Crippen LogP contribution in [0.5, 0.6) is 0 Å². The number of hydrogen-bond acceptors (Lipinski definition) is 7. The Morgan fingerprint density at radius 2 is 1.57 bits per heavy atom. The van der Waals surface area contributed by atoms with E-state index >= 15 is 0 Å². The maximum absolute atomic E-state index is 13.0. The summed E-state index contributed by atoms with van der Waals surface area (Å²) < 4.78 is 7.57. The number of carbonyl (C=O) groups is 1. The Morgan fingerprint density at radius 3 is 2.14 bits per heavy atom. The molecule has 9 nitrogen and oxygen atoms in total. The number of nitrogens with zero attached hydrogens (tertiary/aromatic N) is 4. The van der Waals surface area contributed by atoms with Crippen LogP contribution in [0.1, 0.15) is 69.8 Å². The highest BCUT2D eigenvalue weighted by molar-refractivity contribution is 5.94. The summed E-state index contributed by atoms with van der Waals surface area (Å²) in [5.74, 6) is -0.896. The highest BCUT2D eigenvalue weighted by atomic mass is 16.5. The van der Waals surface area contributed by atoms with E-state index in [-0.39, 0.29) is 29.3 Å². The lowest BCUT2D eigenvalue weighted by Gasteiger charge is -2.14. The summed E-state index contributed by atoms with van der Waals surface area (Å²) in [7, 11) is 0. The van der Waals surface area contributed by atoms with Gasteiger partial charge in [-0.05, 0) is 19.8 Å². The predicted octanol–water partition coefficient (Wildman–Crippen LogP) is 2.09. The van der Waals surface area contributed by atoms with Crippen molar-refractivity contribution in [3.05, 3.63) is 26.5 Å². The first-order valence-corrected chi connectivity index (χ1v) is 9.94. The number of hydrogen-bond donors (Lipinski definition) is 1. The zero-order valence-corrected chi connectivity index (χ0v) is 16.9. The van der Waals surface area contributed by atoms with Gasteiger partial charge < -0.3 is 10.5 Å². The number of esters is 1. The second-order valence-electron chi connectivity index (χ2n) is 6.66. The number of aromatic nitrogens is 4. The Hall–Kier alpha value is -2.71. The molecule has 0 atom stereocenters. The molecule has 2 aromatic heterocycles. The maximum Gasteiger partial charge on any atom is 0.360 e. The van der Waals surface area contributed by atoms with E-state index in [1.165, 1.54) is 9.13 Å². The molecule has 0 amide bonds. The molecule has 0 radical (unpaired) electrons. The van der Waals surface area contributed by atoms with Gasteiger partial charge in [-0.25, -0.2) is 19.6 Å². The Morgan fingerprint density at radius 1 is 0.964 bits per heavy atom. The molecule has 0 fully saturated rings. The van der Waals surface area contributed by atoms with Gasteiger partial charge in [0.2, 0.25) is 0 Å². The van der Waals surface area contributed by atoms with Gasteiger partial charge in [-0.15, -0.1) is 0 Å². The summed E-state index contributed by atoms with van der Waals surface area (Å²) in [6.07, 6.45) is 5.27. The summed E-state index contributed by atoms with van der Waals surface area (Å²) in [5, 5.41) is 0. The number of nitrogens with two attached hydrogens (primary N) is 1. The average molecular weight is 391 g/mol. The van der Waals surface area contributed by atoms with E-state index in [9.17, 15) is 14.4 Å². The highest BCUT2D eigenvalue weighted by Crippen LogP contribution is 2.13. The van der Waals surface area contributed by atoms with E-state index in [4.69, 9.17) is 10.5 Å². The predicted molar refractivity (Wildman–Crippen MR) is 107 cm³/mol. The number of aryl methyl sites for hydroxylation is 1. The van der Waals surface area contributed by atoms with Crippen molar-refractivity contribution >= 4 is 23.0 Å². The molecule has 2 aromatic rings. The van der Waals surface area contributed by atoms with Crippen LogP contribution >= 0.6 is 0 Å². The summed E-state index contributed by atoms with van der Waals surface area (Å²) in [6.45, 7) is 6.63. The number of anilines is 1. The third-order valence-electron chi connectivity index (χ3n) is 4.51. The zero-order chi connectivity index (χ0) is 20.7. The number of rotatable bonds is 10. The van der Waals surface area contributed by atoms with Crippen LogP contribution in [0.25, 0.3) is 11.2 Å². The van der Waals surface area contributed by atoms with Crippen molar-refractivity contribution in [3.63, 3.8) is 0 Å². The minimum Gasteiger partial charge on any atom is -0.461 e. The van der Waals surface area contributed by atoms with Crippen LogP contribution in [0, 0.1) is 0 Å². The van der Waals surface area contributed by atoms with Crippen molar-refractivity contribution in [1.29, 1.82) is 0 Å². The van der Waals surface area contributed by atoms with Crippen molar-refractivity contribution in [3.8, 4) is 0 Å². The molecule has 0 bridgehead atoms. The fraction of sp³-hybridized carbons (Fsp3) is 0.632. The van der Waals surface area contributed by atoms with Gasteiger partial charge in [-0.3, -0.25) is 13.9 Å². The Kier molecular flexibility index (Phi) is 7.71. The fourth-order valence-electron chi connectivity index (χ4n) is 3.01. The second-order valence-corrected chi connectivity index (χ2v) is 6.66. The standard InChI is InChI=1S/C19H29N5O4/c1-4-7-9-11-23-16-14(17(25)24(19(23)27)12-10-8-5-2)21-13(15(20)22-16)18(26)28-6-3/h4-12H2,1-3H3,(H2,20,22). The van der Waals surface area contributed by atoms with Gasteiger partial charge in [0.05, 0.1) is 6.61 Å². The molecular formula is C19H29N5O4. The molecule has 0 saturated carbocycles. The minimum absolute atomic E-state index is 0.0372. The van der Waals surface area contributed by atoms with Crippen molar-refractivity contribution in [1.82, 2.24) is 19.1 Å². The lowest BCUT2D eigenvalue weighted by molar-refractivity contribution is 0.0521. The lowest BCUT2D eigenvalue weighted by atomic mass is 10.2. The number of nitrogen functional groups attached to an aromatic ring is 1. The molecule has 0 spiro atoms. The van der Waals surface area contributed by atoms with Gasteiger partial charge in [-0.2, -0.15) is 0 Å². The van der Waals surface area contributed by atoms with Crippen LogP contribution in [-0.2, 0) is 17.8 Å². The quantitative estimate of drug-likeness (QED) is 0.486. The van der Waals surface area contributed by atoms with Crippen LogP contribution in [0.3, 0.4) is 0 Å². The SMILES string of the molecule is CCCCCn1c(=O)c2nc(C(=O)OCC)c(N)nc2n(CCCCC)c1=O. The Balaban J connectivity index is 2.68. The van der Waals surface area contributed by atoms with E-state index in [1.54, 1.807) is 6.92 Å². The molecule has 154 valence electrons. The minimum atomic E-state index is -0.741. The largest absolute Gasteiger partial charge is 0.461 e. The van der Waals surface area contributed by atoms with Crippen LogP contribution in [-0.4, -0.2) is 31.7 Å². The molecule has 0 unspecified atom stereocenters. The number of ether oxygens (including phenoxy) is 1. The topological polar surface area (TPSA) is 122 Å². The third kappa shape index (κ3) is 4.58. The summed E-state index contributed by atoms with van der Waals surface area (Å²) in [4.78, 5) is 46.3. The van der Waals surface area contributed by atoms with Gasteiger partial charge in [0.15, 0.2) is 22.7 Å². The van der Waals surface area contributed by atoms with Gasteiger partial charge in [-0.1, -0.05) is 39.5 Å². The normalized spacial score (nSPS) is 11.1. The molecule has 0 aliphatic carbocycles. The lowest BCUT2D eigenvalue weighted by Crippen LogP contribution is -2.41. The summed E-state index contributed by atoms with van der Waals surface area (Å²) >= 11 is 0. The van der Waals surface area contributed by atoms with Gasteiger partial charge >= 0.3 is 11.7 Å². The molecule has 2 heterocycles. The van der Waals surface area contributed by atoms with E-state index in [1.807, 2.05) is 6.92 Å². The molecule has 2 N–H and O–H groups in total. The number of unbranched alkanes of at least 4 members (excludes halogenated alkanes) is 4. The molecule has 0 saturated heterocycles. The molecule has 0 aliphatic heterocycles. The monoisotopic (exact) mass is 391 g/mol. The van der Waals surface area contributed by atoms with Crippen LogP contribution in [0.15, 0.2) is 9.59 Å². The Bertz CT molecular complexity index is 948. The van der Waals surface area contributed by atoms with Gasteiger partial charge in [0, 0.05) is 13.1 Å². The van der Waals surface area contributed by atoms with E-state index in [0.29, 0.717) is 19.5 Å². The van der Waals surface area contributed by atoms with Crippen molar-refractivity contribution in [2.24, 2.45) is 0 Å². The molecule has 2 rings (SSSR count). The van der Waals surface area contributed by atoms with E-state index < -0.39 is 17.2 Å². The second kappa shape index (κ2) is 10.0. The Labute approximate surface area is 163 Å². The first-order chi connectivity index (χ1) is 13.5. The fourth-order valence-corrected chi connectivity index (χ4v) is 3.01. The molecule has 0 aromatic carbocycles. The van der Waals surface area contributed by atoms with Crippen molar-refractivity contribution in [2.45, 2.75) is 72.4 Å². The summed E-state index contributed by atoms with van der Waals surface area (Å²) in [6, 6.07) is 0. The van der Waals surface area contributed by atoms with Gasteiger partial charge in [0.25, 0.3) is 5.56 Å². The van der Waals surface area contributed by atoms with Crippen LogP contribution in [0.4, 0.5) is 5.82 Å². The maximum atomic E-state index is 13.0. The third-order valence-corrected chi connectivity index (χ3v) is 4.51. The van der Waals surface area contributed by atoms with E-state index in [2.05, 4.69) is 16.9 Å². The first kappa shape index (κ1) is 21.6. The highest BCUT2D eigenvalue weighted by Gasteiger charge is 2.21. The number of carbonyl (C=O) groups excluding carboxylic acids is 1. The molecule has 9 heteroatoms. The first-order valence-electron chi connectivity index (χ1n) is 9.94. The van der Waals surface area contributed by atoms with E-state index in [0.717, 1.165) is 32.1 Å². The zero-order valence-electron chi connectivity index (χ0n) is 16.9. The van der Waals surface area contributed by atoms with Gasteiger partial charge in [0.1, 0.15) is 0 Å². The average Bonchev–Trinajstić information content (AvgIpc) is 2.67. The smallest absolute Gasteiger partial charge is 0.360 e. The van der Waals surface area contributed by atoms with Crippen LogP contribution in [0.2, 0.25) is 0 Å². The molecular weight excluding hydrogens is 362 g/mol. The number of fused-ring (bicyclic) bond motifs is 1. The van der Waals surface area contributed by atoms with Crippen molar-refractivity contribution in [2.75, 3.05) is 12.3 Å². The molecule has 28 heavy (non-hydrogen) atoms. The van der Waals surface area contributed by atoms with Crippen LogP contribution < -0.4 is 17.0 Å². The summed E-state index contributed by atoms with van der Waals surface area (Å²) in [5.41, 5.74) is 4.78. The van der Waals surface area contributed by atoms with Crippen molar-refractivity contribution < 1.29 is 9.53 Å². The molecule has 0 aliphatic rings.